The summed E-state index contributed by atoms with van der Waals surface area (Å²) in [4.78, 5) is 40.7. The molecular weight excluding hydrogens is 657 g/mol. The Hall–Kier alpha value is -1.63. The quantitative estimate of drug-likeness (QED) is 0.0373. The van der Waals surface area contributed by atoms with Crippen molar-refractivity contribution in [2.45, 2.75) is 239 Å². The highest BCUT2D eigenvalue weighted by atomic mass is 16.2. The maximum Gasteiger partial charge on any atom is 0.227 e. The van der Waals surface area contributed by atoms with Crippen molar-refractivity contribution in [1.29, 1.82) is 0 Å². The Morgan fingerprint density at radius 3 is 1.19 bits per heavy atom. The average molecular weight is 748 g/mol. The molecule has 7 heteroatoms. The number of likely N-dealkylation sites (tertiary alicyclic amines) is 1. The van der Waals surface area contributed by atoms with Gasteiger partial charge in [0.1, 0.15) is 0 Å². The number of amides is 3. The van der Waals surface area contributed by atoms with Crippen LogP contribution < -0.4 is 10.6 Å². The Kier molecular flexibility index (Phi) is 32.5. The molecule has 0 spiro atoms. The van der Waals surface area contributed by atoms with Crippen LogP contribution in [0.15, 0.2) is 0 Å². The summed E-state index contributed by atoms with van der Waals surface area (Å²) in [7, 11) is 2.06. The van der Waals surface area contributed by atoms with E-state index in [1.54, 1.807) is 0 Å². The molecule has 0 aromatic heterocycles. The van der Waals surface area contributed by atoms with Crippen LogP contribution in [0.3, 0.4) is 0 Å². The lowest BCUT2D eigenvalue weighted by Gasteiger charge is -2.37. The average Bonchev–Trinajstić information content (AvgIpc) is 3.50. The van der Waals surface area contributed by atoms with Crippen LogP contribution in [0.2, 0.25) is 0 Å². The van der Waals surface area contributed by atoms with Crippen molar-refractivity contribution >= 4 is 17.7 Å². The number of nitrogens with one attached hydrogen (secondary N) is 2. The van der Waals surface area contributed by atoms with Gasteiger partial charge in [-0.1, -0.05) is 201 Å². The topological polar surface area (TPSA) is 78.5 Å². The molecule has 0 saturated carbocycles. The van der Waals surface area contributed by atoms with Crippen molar-refractivity contribution in [3.8, 4) is 0 Å². The summed E-state index contributed by atoms with van der Waals surface area (Å²) in [6, 6.07) is 0. The number of nitrogens with zero attached hydrogens (tertiary/aromatic N) is 2. The predicted octanol–water partition coefficient (Wildman–Crippen LogP) is 12.3. The van der Waals surface area contributed by atoms with Crippen LogP contribution in [0, 0.1) is 5.92 Å². The van der Waals surface area contributed by atoms with Crippen molar-refractivity contribution in [1.82, 2.24) is 15.5 Å². The third kappa shape index (κ3) is 29.3. The van der Waals surface area contributed by atoms with Gasteiger partial charge in [-0.3, -0.25) is 23.8 Å². The van der Waals surface area contributed by atoms with Crippen LogP contribution in [0.1, 0.15) is 239 Å². The van der Waals surface area contributed by atoms with Crippen LogP contribution >= 0.6 is 0 Å². The second-order valence-corrected chi connectivity index (χ2v) is 17.3. The van der Waals surface area contributed by atoms with E-state index in [1.165, 1.54) is 154 Å². The minimum Gasteiger partial charge on any atom is -0.309 e. The Morgan fingerprint density at radius 2 is 0.849 bits per heavy atom. The van der Waals surface area contributed by atoms with Gasteiger partial charge in [-0.2, -0.15) is 0 Å². The Balaban J connectivity index is 2.31. The van der Waals surface area contributed by atoms with E-state index < -0.39 is 0 Å². The zero-order chi connectivity index (χ0) is 38.7. The van der Waals surface area contributed by atoms with Crippen LogP contribution in [0.5, 0.6) is 0 Å². The minimum absolute atomic E-state index is 0.0793. The second kappa shape index (κ2) is 34.8. The molecule has 0 radical (unpaired) electrons. The maximum absolute atomic E-state index is 13.0. The SMILES string of the molecule is CCCCCCCCCCCCCCCCC(=O)NC[N+](C)(CNC(=O)CCCCCCCCCCCCCCCC)CN1CC(CCCC)CC1=O. The van der Waals surface area contributed by atoms with E-state index in [9.17, 15) is 14.4 Å². The monoisotopic (exact) mass is 748 g/mol. The highest BCUT2D eigenvalue weighted by molar-refractivity contribution is 5.78. The molecule has 0 aliphatic carbocycles. The second-order valence-electron chi connectivity index (χ2n) is 17.3. The molecular formula is C46H91N4O3+. The summed E-state index contributed by atoms with van der Waals surface area (Å²) in [5.74, 6) is 0.782. The first-order valence-electron chi connectivity index (χ1n) is 23.5. The van der Waals surface area contributed by atoms with E-state index in [1.807, 2.05) is 4.90 Å². The minimum atomic E-state index is 0.0793. The predicted molar refractivity (Wildman–Crippen MR) is 226 cm³/mol. The van der Waals surface area contributed by atoms with Crippen LogP contribution in [-0.2, 0) is 14.4 Å². The first-order chi connectivity index (χ1) is 25.8. The largest absolute Gasteiger partial charge is 0.309 e. The van der Waals surface area contributed by atoms with Gasteiger partial charge in [0, 0.05) is 25.8 Å². The van der Waals surface area contributed by atoms with Crippen molar-refractivity contribution < 1.29 is 18.9 Å². The van der Waals surface area contributed by atoms with E-state index in [-0.39, 0.29) is 17.7 Å². The van der Waals surface area contributed by atoms with E-state index in [0.29, 0.717) is 49.7 Å². The number of carbonyl (C=O) groups excluding carboxylic acids is 3. The van der Waals surface area contributed by atoms with Gasteiger partial charge in [-0.05, 0) is 25.2 Å². The number of quaternary nitrogens is 1. The third-order valence-corrected chi connectivity index (χ3v) is 11.6. The molecule has 0 bridgehead atoms. The van der Waals surface area contributed by atoms with Crippen molar-refractivity contribution in [3.63, 3.8) is 0 Å². The number of hydrogen-bond donors (Lipinski definition) is 2. The molecule has 2 N–H and O–H groups in total. The van der Waals surface area contributed by atoms with E-state index in [0.717, 1.165) is 51.5 Å². The fourth-order valence-corrected chi connectivity index (χ4v) is 7.94. The molecule has 53 heavy (non-hydrogen) atoms. The molecule has 1 heterocycles. The first kappa shape index (κ1) is 49.4. The van der Waals surface area contributed by atoms with Gasteiger partial charge in [0.15, 0.2) is 20.0 Å². The molecule has 1 fully saturated rings. The molecule has 1 rings (SSSR count). The van der Waals surface area contributed by atoms with Gasteiger partial charge in [-0.15, -0.1) is 0 Å². The third-order valence-electron chi connectivity index (χ3n) is 11.6. The molecule has 312 valence electrons. The Bertz CT molecular complexity index is 833. The van der Waals surface area contributed by atoms with E-state index in [2.05, 4.69) is 38.5 Å². The standard InChI is InChI=1S/C46H90N4O3/c1-5-8-11-13-15-17-19-21-23-25-27-29-31-33-36-44(51)47-40-50(4,42-49-39-43(35-10-7-3)38-46(49)53)41-48-45(52)37-34-32-30-28-26-24-22-20-18-16-14-12-9-6-2/h43H,5-42H2,1-4H3,(H-,47,48,51,52)/p+1. The van der Waals surface area contributed by atoms with Crippen LogP contribution in [0.25, 0.3) is 0 Å². The van der Waals surface area contributed by atoms with Crippen molar-refractivity contribution in [2.24, 2.45) is 5.92 Å². The fraction of sp³-hybridized carbons (Fsp3) is 0.935. The highest BCUT2D eigenvalue weighted by Crippen LogP contribution is 2.24. The highest BCUT2D eigenvalue weighted by Gasteiger charge is 2.35. The van der Waals surface area contributed by atoms with Gasteiger partial charge in [0.2, 0.25) is 17.7 Å². The van der Waals surface area contributed by atoms with Crippen molar-refractivity contribution in [3.05, 3.63) is 0 Å². The number of unbranched alkanes of at least 4 members (excludes halogenated alkanes) is 27. The molecule has 1 saturated heterocycles. The summed E-state index contributed by atoms with van der Waals surface area (Å²) in [5, 5.41) is 6.34. The number of rotatable bonds is 39. The molecule has 1 aliphatic rings. The smallest absolute Gasteiger partial charge is 0.227 e. The molecule has 3 amide bonds. The number of hydrogen-bond acceptors (Lipinski definition) is 3. The summed E-state index contributed by atoms with van der Waals surface area (Å²) < 4.78 is 0.404. The van der Waals surface area contributed by atoms with Gasteiger partial charge < -0.3 is 10.6 Å². The molecule has 1 unspecified atom stereocenters. The fourth-order valence-electron chi connectivity index (χ4n) is 7.94. The van der Waals surface area contributed by atoms with E-state index in [4.69, 9.17) is 0 Å². The van der Waals surface area contributed by atoms with E-state index >= 15 is 0 Å². The first-order valence-corrected chi connectivity index (χ1v) is 23.5. The van der Waals surface area contributed by atoms with Gasteiger partial charge in [-0.25, -0.2) is 0 Å². The van der Waals surface area contributed by atoms with Gasteiger partial charge in [0.05, 0.1) is 7.05 Å². The van der Waals surface area contributed by atoms with Gasteiger partial charge in [0.25, 0.3) is 0 Å². The summed E-state index contributed by atoms with van der Waals surface area (Å²) in [6.45, 7) is 8.89. The van der Waals surface area contributed by atoms with Crippen LogP contribution in [0.4, 0.5) is 0 Å². The summed E-state index contributed by atoms with van der Waals surface area (Å²) >= 11 is 0. The van der Waals surface area contributed by atoms with Crippen LogP contribution in [-0.4, -0.2) is 60.7 Å². The summed E-state index contributed by atoms with van der Waals surface area (Å²) in [6.07, 6.45) is 41.6. The van der Waals surface area contributed by atoms with Gasteiger partial charge >= 0.3 is 0 Å². The normalized spacial score (nSPS) is 14.7. The molecule has 1 atom stereocenters. The molecule has 7 nitrogen and oxygen atoms in total. The zero-order valence-corrected chi connectivity index (χ0v) is 36.1. The summed E-state index contributed by atoms with van der Waals surface area (Å²) in [5.41, 5.74) is 0. The maximum atomic E-state index is 13.0. The molecule has 0 aromatic carbocycles. The Morgan fingerprint density at radius 1 is 0.528 bits per heavy atom. The lowest BCUT2D eigenvalue weighted by Crippen LogP contribution is -2.60. The molecule has 0 aromatic rings. The Labute approximate surface area is 329 Å². The zero-order valence-electron chi connectivity index (χ0n) is 36.1. The number of carbonyl (C=O) groups is 3. The van der Waals surface area contributed by atoms with Crippen molar-refractivity contribution in [2.75, 3.05) is 33.6 Å². The molecule has 1 aliphatic heterocycles. The lowest BCUT2D eigenvalue weighted by atomic mass is 10.0. The lowest BCUT2D eigenvalue weighted by molar-refractivity contribution is -0.921.